The molecule has 18 heavy (non-hydrogen) atoms. The number of benzene rings is 1. The van der Waals surface area contributed by atoms with E-state index in [9.17, 15) is 9.36 Å². The topological polar surface area (TPSA) is 142 Å². The Morgan fingerprint density at radius 1 is 1.44 bits per heavy atom. The van der Waals surface area contributed by atoms with E-state index in [4.69, 9.17) is 25.4 Å². The van der Waals surface area contributed by atoms with Crippen molar-refractivity contribution in [1.82, 2.24) is 0 Å². The number of aliphatic hydroxyl groups is 1. The number of hydrogen-bond donors (Lipinski definition) is 5. The molecule has 1 atom stereocenters. The van der Waals surface area contributed by atoms with Gasteiger partial charge in [0, 0.05) is 0 Å². The van der Waals surface area contributed by atoms with Crippen molar-refractivity contribution in [2.45, 2.75) is 6.04 Å². The van der Waals surface area contributed by atoms with Gasteiger partial charge in [0.1, 0.15) is 6.04 Å². The van der Waals surface area contributed by atoms with Gasteiger partial charge in [-0.2, -0.15) is 0 Å². The first kappa shape index (κ1) is 14.6. The van der Waals surface area contributed by atoms with Gasteiger partial charge >= 0.3 is 13.7 Å². The molecule has 100 valence electrons. The fourth-order valence-electron chi connectivity index (χ4n) is 1.06. The van der Waals surface area contributed by atoms with E-state index >= 15 is 0 Å². The van der Waals surface area contributed by atoms with Gasteiger partial charge in [0.25, 0.3) is 0 Å². The molecule has 0 aliphatic carbocycles. The molecule has 0 radical (unpaired) electrons. The van der Waals surface area contributed by atoms with Crippen molar-refractivity contribution in [2.24, 2.45) is 5.73 Å². The lowest BCUT2D eigenvalue weighted by molar-refractivity contribution is -0.136. The largest absolute Gasteiger partial charge is 0.427 e. The SMILES string of the molecule is N[C@@H](CO)C(=O)Oc1ccccc1NP(=O)(O)O. The molecule has 9 heteroatoms. The number of carbonyl (C=O) groups excluding carboxylic acids is 1. The zero-order valence-electron chi connectivity index (χ0n) is 9.18. The molecule has 0 aliphatic heterocycles. The normalized spacial score (nSPS) is 12.9. The van der Waals surface area contributed by atoms with Crippen LogP contribution in [0, 0.1) is 0 Å². The standard InChI is InChI=1S/C9H13N2O6P/c10-6(5-12)9(13)17-8-4-2-1-3-7(8)11-18(14,15)16/h1-4,6,12H,5,10H2,(H3,11,14,15,16)/t6-/m0/s1. The third-order valence-electron chi connectivity index (χ3n) is 1.86. The Morgan fingerprint density at radius 3 is 2.61 bits per heavy atom. The number of aliphatic hydroxyl groups excluding tert-OH is 1. The molecular formula is C9H13N2O6P. The van der Waals surface area contributed by atoms with Crippen LogP contribution in [0.4, 0.5) is 5.69 Å². The van der Waals surface area contributed by atoms with Crippen molar-refractivity contribution in [3.8, 4) is 5.75 Å². The van der Waals surface area contributed by atoms with E-state index in [1.54, 1.807) is 0 Å². The third kappa shape index (κ3) is 4.44. The van der Waals surface area contributed by atoms with Gasteiger partial charge in [-0.1, -0.05) is 12.1 Å². The van der Waals surface area contributed by atoms with Gasteiger partial charge in [-0.15, -0.1) is 0 Å². The summed E-state index contributed by atoms with van der Waals surface area (Å²) < 4.78 is 15.6. The summed E-state index contributed by atoms with van der Waals surface area (Å²) in [6, 6.07) is 4.46. The number of nitrogens with two attached hydrogens (primary N) is 1. The van der Waals surface area contributed by atoms with Gasteiger partial charge in [0.2, 0.25) is 0 Å². The van der Waals surface area contributed by atoms with Gasteiger partial charge in [0.05, 0.1) is 12.3 Å². The maximum atomic E-state index is 11.3. The third-order valence-corrected chi connectivity index (χ3v) is 2.40. The van der Waals surface area contributed by atoms with Crippen LogP contribution in [0.15, 0.2) is 24.3 Å². The highest BCUT2D eigenvalue weighted by Gasteiger charge is 2.19. The van der Waals surface area contributed by atoms with Gasteiger partial charge in [-0.3, -0.25) is 5.09 Å². The minimum Gasteiger partial charge on any atom is -0.423 e. The molecule has 0 amide bonds. The van der Waals surface area contributed by atoms with Crippen molar-refractivity contribution in [3.63, 3.8) is 0 Å². The molecule has 0 aromatic heterocycles. The number of hydrogen-bond acceptors (Lipinski definition) is 5. The lowest BCUT2D eigenvalue weighted by Gasteiger charge is -2.14. The molecule has 0 heterocycles. The van der Waals surface area contributed by atoms with Crippen molar-refractivity contribution in [1.29, 1.82) is 0 Å². The quantitative estimate of drug-likeness (QED) is 0.273. The summed E-state index contributed by atoms with van der Waals surface area (Å²) in [5.74, 6) is -0.993. The Hall–Kier alpha value is -1.44. The molecule has 8 nitrogen and oxygen atoms in total. The van der Waals surface area contributed by atoms with E-state index in [1.165, 1.54) is 24.3 Å². The summed E-state index contributed by atoms with van der Waals surface area (Å²) in [5.41, 5.74) is 5.19. The van der Waals surface area contributed by atoms with Crippen LogP contribution in [0.2, 0.25) is 0 Å². The fraction of sp³-hybridized carbons (Fsp3) is 0.222. The molecule has 0 unspecified atom stereocenters. The van der Waals surface area contributed by atoms with E-state index in [2.05, 4.69) is 0 Å². The molecule has 1 aromatic carbocycles. The first-order valence-corrected chi connectivity index (χ1v) is 6.45. The Labute approximate surface area is 103 Å². The highest BCUT2D eigenvalue weighted by Crippen LogP contribution is 2.39. The molecule has 0 saturated carbocycles. The van der Waals surface area contributed by atoms with E-state index in [0.717, 1.165) is 0 Å². The predicted molar refractivity (Wildman–Crippen MR) is 62.8 cm³/mol. The maximum Gasteiger partial charge on any atom is 0.427 e. The number of ether oxygens (including phenoxy) is 1. The Morgan fingerprint density at radius 2 is 2.06 bits per heavy atom. The smallest absolute Gasteiger partial charge is 0.423 e. The van der Waals surface area contributed by atoms with Crippen molar-refractivity contribution < 1.29 is 29.0 Å². The van der Waals surface area contributed by atoms with Crippen LogP contribution in [0.25, 0.3) is 0 Å². The predicted octanol–water partition coefficient (Wildman–Crippen LogP) is -0.584. The minimum atomic E-state index is -4.51. The molecule has 0 fully saturated rings. The lowest BCUT2D eigenvalue weighted by atomic mass is 10.3. The van der Waals surface area contributed by atoms with Crippen molar-refractivity contribution in [2.75, 3.05) is 11.7 Å². The van der Waals surface area contributed by atoms with Crippen molar-refractivity contribution >= 4 is 19.4 Å². The lowest BCUT2D eigenvalue weighted by Crippen LogP contribution is -2.37. The Balaban J connectivity index is 2.89. The molecule has 0 aliphatic rings. The summed E-state index contributed by atoms with van der Waals surface area (Å²) in [5, 5.41) is 10.6. The number of nitrogens with one attached hydrogen (secondary N) is 1. The second-order valence-corrected chi connectivity index (χ2v) is 4.67. The molecule has 6 N–H and O–H groups in total. The van der Waals surface area contributed by atoms with Crippen LogP contribution in [0.1, 0.15) is 0 Å². The molecule has 0 bridgehead atoms. The number of carbonyl (C=O) groups is 1. The van der Waals surface area contributed by atoms with E-state index in [0.29, 0.717) is 0 Å². The second kappa shape index (κ2) is 5.94. The van der Waals surface area contributed by atoms with Gasteiger partial charge in [-0.05, 0) is 12.1 Å². The van der Waals surface area contributed by atoms with Crippen LogP contribution in [0.5, 0.6) is 5.75 Å². The summed E-state index contributed by atoms with van der Waals surface area (Å²) in [6.45, 7) is -0.590. The van der Waals surface area contributed by atoms with Gasteiger partial charge in [0.15, 0.2) is 5.75 Å². The number of para-hydroxylation sites is 2. The highest BCUT2D eigenvalue weighted by atomic mass is 31.2. The van der Waals surface area contributed by atoms with Crippen LogP contribution >= 0.6 is 7.75 Å². The Bertz CT molecular complexity index is 474. The number of esters is 1. The van der Waals surface area contributed by atoms with Crippen LogP contribution in [0.3, 0.4) is 0 Å². The van der Waals surface area contributed by atoms with Crippen molar-refractivity contribution in [3.05, 3.63) is 24.3 Å². The molecule has 1 aromatic rings. The Kier molecular flexibility index (Phi) is 4.83. The van der Waals surface area contributed by atoms with Gasteiger partial charge < -0.3 is 25.4 Å². The summed E-state index contributed by atoms with van der Waals surface area (Å²) in [6.07, 6.45) is 0. The molecule has 1 rings (SSSR count). The fourth-order valence-corrected chi connectivity index (χ4v) is 1.56. The first-order valence-electron chi connectivity index (χ1n) is 4.84. The summed E-state index contributed by atoms with van der Waals surface area (Å²) in [7, 11) is -4.51. The highest BCUT2D eigenvalue weighted by molar-refractivity contribution is 7.53. The molecular weight excluding hydrogens is 263 g/mol. The average Bonchev–Trinajstić information content (AvgIpc) is 2.28. The van der Waals surface area contributed by atoms with E-state index in [-0.39, 0.29) is 11.4 Å². The van der Waals surface area contributed by atoms with Crippen LogP contribution < -0.4 is 15.6 Å². The summed E-state index contributed by atoms with van der Waals surface area (Å²) in [4.78, 5) is 28.9. The number of rotatable bonds is 5. The monoisotopic (exact) mass is 276 g/mol. The first-order chi connectivity index (χ1) is 8.33. The molecule has 0 spiro atoms. The second-order valence-electron chi connectivity index (χ2n) is 3.36. The zero-order chi connectivity index (χ0) is 13.8. The number of anilines is 1. The van der Waals surface area contributed by atoms with E-state index < -0.39 is 26.4 Å². The van der Waals surface area contributed by atoms with Gasteiger partial charge in [-0.25, -0.2) is 9.36 Å². The minimum absolute atomic E-state index is 0.0516. The molecule has 0 saturated heterocycles. The van der Waals surface area contributed by atoms with Crippen LogP contribution in [-0.4, -0.2) is 33.5 Å². The average molecular weight is 276 g/mol. The zero-order valence-corrected chi connectivity index (χ0v) is 10.1. The summed E-state index contributed by atoms with van der Waals surface area (Å²) >= 11 is 0. The van der Waals surface area contributed by atoms with E-state index in [1.807, 2.05) is 5.09 Å². The maximum absolute atomic E-state index is 11.3. The van der Waals surface area contributed by atoms with Crippen LogP contribution in [-0.2, 0) is 9.36 Å².